The Morgan fingerprint density at radius 1 is 1.25 bits per heavy atom. The number of benzene rings is 1. The highest BCUT2D eigenvalue weighted by molar-refractivity contribution is 5.20. The minimum Gasteiger partial charge on any atom is -0.389 e. The maximum atomic E-state index is 10.8. The average molecular weight is 270 g/mol. The number of aromatic nitrogens is 2. The maximum Gasteiger partial charge on any atom is 0.111 e. The normalized spacial score (nSPS) is 26.6. The van der Waals surface area contributed by atoms with Crippen LogP contribution >= 0.6 is 0 Å². The molecule has 0 spiro atoms. The molecule has 0 unspecified atom stereocenters. The Morgan fingerprint density at radius 3 is 2.55 bits per heavy atom. The average Bonchev–Trinajstić information content (AvgIpc) is 2.85. The highest BCUT2D eigenvalue weighted by Gasteiger charge is 2.34. The zero-order chi connectivity index (χ0) is 14.0. The van der Waals surface area contributed by atoms with E-state index in [-0.39, 0.29) is 0 Å². The van der Waals surface area contributed by atoms with Crippen LogP contribution in [0.25, 0.3) is 0 Å². The van der Waals surface area contributed by atoms with Gasteiger partial charge in [-0.15, -0.1) is 0 Å². The molecule has 2 aromatic rings. The molecular weight excluding hydrogens is 248 g/mol. The summed E-state index contributed by atoms with van der Waals surface area (Å²) in [5, 5.41) is 10.8. The first kappa shape index (κ1) is 13.4. The molecule has 20 heavy (non-hydrogen) atoms. The van der Waals surface area contributed by atoms with Crippen molar-refractivity contribution in [2.45, 2.75) is 43.6 Å². The fraction of sp³-hybridized carbons (Fsp3) is 0.471. The van der Waals surface area contributed by atoms with Gasteiger partial charge in [0.05, 0.1) is 5.60 Å². The number of aliphatic hydroxyl groups is 1. The van der Waals surface area contributed by atoms with Crippen LogP contribution in [0.2, 0.25) is 0 Å². The Bertz CT molecular complexity index is 553. The minimum atomic E-state index is -0.579. The molecule has 0 saturated heterocycles. The molecule has 1 saturated carbocycles. The summed E-state index contributed by atoms with van der Waals surface area (Å²) in [6.07, 6.45) is 8.25. The minimum absolute atomic E-state index is 0.579. The molecule has 3 nitrogen and oxygen atoms in total. The van der Waals surface area contributed by atoms with E-state index in [9.17, 15) is 5.11 Å². The van der Waals surface area contributed by atoms with E-state index in [1.54, 1.807) is 6.20 Å². The molecule has 0 aliphatic heterocycles. The summed E-state index contributed by atoms with van der Waals surface area (Å²) in [6, 6.07) is 10.7. The first-order valence-corrected chi connectivity index (χ1v) is 7.40. The Morgan fingerprint density at radius 2 is 1.95 bits per heavy atom. The summed E-state index contributed by atoms with van der Waals surface area (Å²) < 4.78 is 2.00. The quantitative estimate of drug-likeness (QED) is 0.931. The zero-order valence-electron chi connectivity index (χ0n) is 12.0. The first-order valence-electron chi connectivity index (χ1n) is 7.40. The third-order valence-corrected chi connectivity index (χ3v) is 4.60. The Hall–Kier alpha value is -1.61. The molecule has 1 aromatic heterocycles. The molecule has 1 N–H and O–H groups in total. The van der Waals surface area contributed by atoms with Crippen molar-refractivity contribution in [1.82, 2.24) is 9.55 Å². The van der Waals surface area contributed by atoms with E-state index in [2.05, 4.69) is 35.3 Å². The van der Waals surface area contributed by atoms with Gasteiger partial charge < -0.3 is 9.67 Å². The van der Waals surface area contributed by atoms with Crippen molar-refractivity contribution >= 4 is 0 Å². The summed E-state index contributed by atoms with van der Waals surface area (Å²) in [5.74, 6) is 1.57. The molecular formula is C17H22N2O. The number of nitrogens with zero attached hydrogens (tertiary/aromatic N) is 2. The summed E-state index contributed by atoms with van der Waals surface area (Å²) in [6.45, 7) is 0. The largest absolute Gasteiger partial charge is 0.389 e. The van der Waals surface area contributed by atoms with Crippen molar-refractivity contribution in [3.8, 4) is 0 Å². The van der Waals surface area contributed by atoms with Gasteiger partial charge in [0.2, 0.25) is 0 Å². The maximum absolute atomic E-state index is 10.8. The molecule has 0 amide bonds. The van der Waals surface area contributed by atoms with Crippen LogP contribution in [-0.4, -0.2) is 20.3 Å². The van der Waals surface area contributed by atoms with Crippen LogP contribution in [0.3, 0.4) is 0 Å². The van der Waals surface area contributed by atoms with Gasteiger partial charge in [0.25, 0.3) is 0 Å². The number of hydrogen-bond donors (Lipinski definition) is 1. The predicted molar refractivity (Wildman–Crippen MR) is 79.5 cm³/mol. The molecule has 1 aliphatic carbocycles. The van der Waals surface area contributed by atoms with E-state index in [1.807, 2.05) is 17.8 Å². The molecule has 3 heteroatoms. The molecule has 0 bridgehead atoms. The van der Waals surface area contributed by atoms with Gasteiger partial charge >= 0.3 is 0 Å². The summed E-state index contributed by atoms with van der Waals surface area (Å²) in [4.78, 5) is 4.34. The molecule has 0 atom stereocenters. The first-order chi connectivity index (χ1) is 9.66. The Labute approximate surface area is 120 Å². The molecule has 1 aliphatic rings. The summed E-state index contributed by atoms with van der Waals surface area (Å²) in [5.41, 5.74) is 0.830. The van der Waals surface area contributed by atoms with Crippen LogP contribution in [0.5, 0.6) is 0 Å². The van der Waals surface area contributed by atoms with E-state index in [1.165, 1.54) is 5.56 Å². The lowest BCUT2D eigenvalue weighted by Crippen LogP contribution is -2.36. The third kappa shape index (κ3) is 2.78. The van der Waals surface area contributed by atoms with E-state index in [0.29, 0.717) is 12.3 Å². The summed E-state index contributed by atoms with van der Waals surface area (Å²) >= 11 is 0. The SMILES string of the molecule is Cn1ccnc1CC1(O)CCC(c2ccccc2)CC1. The van der Waals surface area contributed by atoms with Crippen LogP contribution in [0.1, 0.15) is 43.0 Å². The number of aryl methyl sites for hydroxylation is 1. The Balaban J connectivity index is 1.64. The van der Waals surface area contributed by atoms with E-state index in [0.717, 1.165) is 31.5 Å². The van der Waals surface area contributed by atoms with Crippen molar-refractivity contribution in [3.63, 3.8) is 0 Å². The van der Waals surface area contributed by atoms with Gasteiger partial charge in [0, 0.05) is 25.9 Å². The molecule has 1 heterocycles. The standard InChI is InChI=1S/C17H22N2O/c1-19-12-11-18-16(19)13-17(20)9-7-15(8-10-17)14-5-3-2-4-6-14/h2-6,11-12,15,20H,7-10,13H2,1H3. The lowest BCUT2D eigenvalue weighted by molar-refractivity contribution is -0.00262. The van der Waals surface area contributed by atoms with Crippen molar-refractivity contribution in [2.75, 3.05) is 0 Å². The van der Waals surface area contributed by atoms with Gasteiger partial charge in [-0.2, -0.15) is 0 Å². The van der Waals surface area contributed by atoms with Crippen LogP contribution in [0.15, 0.2) is 42.7 Å². The van der Waals surface area contributed by atoms with Gasteiger partial charge in [0.1, 0.15) is 5.82 Å². The van der Waals surface area contributed by atoms with E-state index < -0.39 is 5.60 Å². The molecule has 106 valence electrons. The molecule has 1 aromatic carbocycles. The van der Waals surface area contributed by atoms with Gasteiger partial charge in [-0.25, -0.2) is 4.98 Å². The molecule has 1 fully saturated rings. The van der Waals surface area contributed by atoms with Crippen LogP contribution < -0.4 is 0 Å². The molecule has 0 radical (unpaired) electrons. The van der Waals surface area contributed by atoms with Gasteiger partial charge in [-0.3, -0.25) is 0 Å². The highest BCUT2D eigenvalue weighted by atomic mass is 16.3. The fourth-order valence-electron chi connectivity index (χ4n) is 3.25. The smallest absolute Gasteiger partial charge is 0.111 e. The third-order valence-electron chi connectivity index (χ3n) is 4.60. The van der Waals surface area contributed by atoms with Crippen LogP contribution in [0, 0.1) is 0 Å². The van der Waals surface area contributed by atoms with Crippen LogP contribution in [-0.2, 0) is 13.5 Å². The second-order valence-corrected chi connectivity index (χ2v) is 6.04. The number of hydrogen-bond acceptors (Lipinski definition) is 2. The topological polar surface area (TPSA) is 38.0 Å². The Kier molecular flexibility index (Phi) is 3.62. The van der Waals surface area contributed by atoms with Crippen molar-refractivity contribution < 1.29 is 5.11 Å². The van der Waals surface area contributed by atoms with Gasteiger partial charge in [-0.05, 0) is 37.2 Å². The number of imidazole rings is 1. The highest BCUT2D eigenvalue weighted by Crippen LogP contribution is 2.39. The second kappa shape index (κ2) is 5.41. The fourth-order valence-corrected chi connectivity index (χ4v) is 3.25. The van der Waals surface area contributed by atoms with Crippen LogP contribution in [0.4, 0.5) is 0 Å². The lowest BCUT2D eigenvalue weighted by atomic mass is 9.74. The van der Waals surface area contributed by atoms with Gasteiger partial charge in [0.15, 0.2) is 0 Å². The predicted octanol–water partition coefficient (Wildman–Crippen LogP) is 3.05. The summed E-state index contributed by atoms with van der Waals surface area (Å²) in [7, 11) is 1.99. The molecule has 3 rings (SSSR count). The second-order valence-electron chi connectivity index (χ2n) is 6.04. The van der Waals surface area contributed by atoms with Crippen molar-refractivity contribution in [2.24, 2.45) is 7.05 Å². The van der Waals surface area contributed by atoms with E-state index in [4.69, 9.17) is 0 Å². The van der Waals surface area contributed by atoms with E-state index >= 15 is 0 Å². The monoisotopic (exact) mass is 270 g/mol. The zero-order valence-corrected chi connectivity index (χ0v) is 12.0. The van der Waals surface area contributed by atoms with Crippen molar-refractivity contribution in [3.05, 3.63) is 54.1 Å². The van der Waals surface area contributed by atoms with Gasteiger partial charge in [-0.1, -0.05) is 30.3 Å². The lowest BCUT2D eigenvalue weighted by Gasteiger charge is -2.36. The number of rotatable bonds is 3. The van der Waals surface area contributed by atoms with Crippen molar-refractivity contribution in [1.29, 1.82) is 0 Å².